The van der Waals surface area contributed by atoms with Crippen molar-refractivity contribution in [1.82, 2.24) is 5.32 Å². The lowest BCUT2D eigenvalue weighted by Gasteiger charge is -2.28. The Morgan fingerprint density at radius 1 is 1.38 bits per heavy atom. The van der Waals surface area contributed by atoms with Crippen molar-refractivity contribution >= 4 is 5.91 Å². The molecule has 78 valence electrons. The van der Waals surface area contributed by atoms with Gasteiger partial charge in [-0.15, -0.1) is 0 Å². The van der Waals surface area contributed by atoms with Gasteiger partial charge in [0, 0.05) is 19.9 Å². The topological polar surface area (TPSA) is 49.3 Å². The highest BCUT2D eigenvalue weighted by Crippen LogP contribution is 1.97. The van der Waals surface area contributed by atoms with Gasteiger partial charge in [0.2, 0.25) is 5.91 Å². The molecule has 4 heteroatoms. The molecular formula is C9H21N2O2+. The standard InChI is InChI=1S/C9H20N2O2/c1-9(13)10-5-4-6-11(2,3)7-8-12/h12H,4-8H2,1-3H3/p+1. The first-order valence-corrected chi connectivity index (χ1v) is 4.65. The summed E-state index contributed by atoms with van der Waals surface area (Å²) in [6.45, 7) is 4.20. The summed E-state index contributed by atoms with van der Waals surface area (Å²) >= 11 is 0. The van der Waals surface area contributed by atoms with Crippen LogP contribution < -0.4 is 5.32 Å². The predicted molar refractivity (Wildman–Crippen MR) is 52.2 cm³/mol. The van der Waals surface area contributed by atoms with E-state index in [1.54, 1.807) is 0 Å². The molecule has 0 rings (SSSR count). The van der Waals surface area contributed by atoms with Crippen LogP contribution in [0.3, 0.4) is 0 Å². The third-order valence-corrected chi connectivity index (χ3v) is 2.02. The first kappa shape index (κ1) is 12.4. The summed E-state index contributed by atoms with van der Waals surface area (Å²) < 4.78 is 0.802. The molecule has 13 heavy (non-hydrogen) atoms. The Balaban J connectivity index is 3.45. The zero-order valence-electron chi connectivity index (χ0n) is 8.84. The van der Waals surface area contributed by atoms with E-state index in [1.807, 2.05) is 0 Å². The van der Waals surface area contributed by atoms with Crippen LogP contribution in [0, 0.1) is 0 Å². The molecule has 0 aromatic rings. The normalized spacial score (nSPS) is 11.4. The minimum Gasteiger partial charge on any atom is -0.391 e. The fourth-order valence-electron chi connectivity index (χ4n) is 1.15. The molecule has 1 amide bonds. The summed E-state index contributed by atoms with van der Waals surface area (Å²) in [5.41, 5.74) is 0. The van der Waals surface area contributed by atoms with Crippen LogP contribution >= 0.6 is 0 Å². The fourth-order valence-corrected chi connectivity index (χ4v) is 1.15. The van der Waals surface area contributed by atoms with E-state index >= 15 is 0 Å². The Kier molecular flexibility index (Phi) is 5.66. The maximum Gasteiger partial charge on any atom is 0.216 e. The van der Waals surface area contributed by atoms with E-state index in [-0.39, 0.29) is 12.5 Å². The maximum atomic E-state index is 10.5. The Morgan fingerprint density at radius 3 is 2.46 bits per heavy atom. The van der Waals surface area contributed by atoms with Crippen molar-refractivity contribution in [1.29, 1.82) is 0 Å². The number of nitrogens with one attached hydrogen (secondary N) is 1. The van der Waals surface area contributed by atoms with Gasteiger partial charge in [0.05, 0.1) is 27.2 Å². The molecule has 0 radical (unpaired) electrons. The largest absolute Gasteiger partial charge is 0.391 e. The second-order valence-electron chi connectivity index (χ2n) is 3.94. The van der Waals surface area contributed by atoms with Crippen LogP contribution in [0.25, 0.3) is 0 Å². The predicted octanol–water partition coefficient (Wildman–Crippen LogP) is -0.419. The third-order valence-electron chi connectivity index (χ3n) is 2.02. The number of hydrogen-bond donors (Lipinski definition) is 2. The van der Waals surface area contributed by atoms with Crippen molar-refractivity contribution in [3.8, 4) is 0 Å². The van der Waals surface area contributed by atoms with Gasteiger partial charge in [-0.05, 0) is 0 Å². The summed E-state index contributed by atoms with van der Waals surface area (Å²) in [4.78, 5) is 10.5. The minimum atomic E-state index is 0.0208. The van der Waals surface area contributed by atoms with Gasteiger partial charge in [-0.25, -0.2) is 0 Å². The van der Waals surface area contributed by atoms with Crippen LogP contribution in [0.1, 0.15) is 13.3 Å². The van der Waals surface area contributed by atoms with E-state index in [0.29, 0.717) is 0 Å². The van der Waals surface area contributed by atoms with E-state index < -0.39 is 0 Å². The lowest BCUT2D eigenvalue weighted by atomic mass is 10.3. The van der Waals surface area contributed by atoms with Gasteiger partial charge in [-0.3, -0.25) is 4.79 Å². The molecule has 0 aromatic heterocycles. The molecule has 0 aliphatic rings. The average molecular weight is 189 g/mol. The van der Waals surface area contributed by atoms with E-state index in [9.17, 15) is 4.79 Å². The van der Waals surface area contributed by atoms with Crippen LogP contribution in [-0.2, 0) is 4.79 Å². The highest BCUT2D eigenvalue weighted by molar-refractivity contribution is 5.72. The van der Waals surface area contributed by atoms with Crippen molar-refractivity contribution in [2.24, 2.45) is 0 Å². The molecule has 0 spiro atoms. The van der Waals surface area contributed by atoms with E-state index in [4.69, 9.17) is 5.11 Å². The molecule has 0 aliphatic heterocycles. The number of amides is 1. The second kappa shape index (κ2) is 5.94. The number of rotatable bonds is 6. The van der Waals surface area contributed by atoms with Crippen LogP contribution in [-0.4, -0.2) is 55.8 Å². The van der Waals surface area contributed by atoms with Crippen molar-refractivity contribution < 1.29 is 14.4 Å². The third kappa shape index (κ3) is 7.74. The molecular weight excluding hydrogens is 168 g/mol. The van der Waals surface area contributed by atoms with Crippen LogP contribution in [0.2, 0.25) is 0 Å². The summed E-state index contributed by atoms with van der Waals surface area (Å²) in [5.74, 6) is 0.0208. The first-order chi connectivity index (χ1) is 5.98. The number of aliphatic hydroxyl groups excluding tert-OH is 1. The van der Waals surface area contributed by atoms with Gasteiger partial charge in [0.15, 0.2) is 0 Å². The van der Waals surface area contributed by atoms with Crippen molar-refractivity contribution in [2.45, 2.75) is 13.3 Å². The van der Waals surface area contributed by atoms with Gasteiger partial charge in [-0.2, -0.15) is 0 Å². The van der Waals surface area contributed by atoms with Crippen LogP contribution in [0.4, 0.5) is 0 Å². The van der Waals surface area contributed by atoms with E-state index in [2.05, 4.69) is 19.4 Å². The maximum absolute atomic E-state index is 10.5. The van der Waals surface area contributed by atoms with Gasteiger partial charge < -0.3 is 14.9 Å². The molecule has 2 N–H and O–H groups in total. The smallest absolute Gasteiger partial charge is 0.216 e. The number of aliphatic hydroxyl groups is 1. The van der Waals surface area contributed by atoms with Crippen molar-refractivity contribution in [3.63, 3.8) is 0 Å². The monoisotopic (exact) mass is 189 g/mol. The number of nitrogens with zero attached hydrogens (tertiary/aromatic N) is 1. The Bertz CT molecular complexity index is 158. The summed E-state index contributed by atoms with van der Waals surface area (Å²) in [6.07, 6.45) is 0.951. The van der Waals surface area contributed by atoms with Crippen molar-refractivity contribution in [2.75, 3.05) is 40.3 Å². The van der Waals surface area contributed by atoms with Gasteiger partial charge >= 0.3 is 0 Å². The zero-order chi connectivity index (χ0) is 10.3. The van der Waals surface area contributed by atoms with Gasteiger partial charge in [0.25, 0.3) is 0 Å². The highest BCUT2D eigenvalue weighted by atomic mass is 16.3. The van der Waals surface area contributed by atoms with Crippen LogP contribution in [0.5, 0.6) is 0 Å². The van der Waals surface area contributed by atoms with Gasteiger partial charge in [0.1, 0.15) is 6.54 Å². The number of carbonyl (C=O) groups is 1. The molecule has 0 heterocycles. The zero-order valence-corrected chi connectivity index (χ0v) is 8.84. The number of hydrogen-bond acceptors (Lipinski definition) is 2. The molecule has 0 bridgehead atoms. The Hall–Kier alpha value is -0.610. The second-order valence-corrected chi connectivity index (χ2v) is 3.94. The number of likely N-dealkylation sites (N-methyl/N-ethyl adjacent to an activating group) is 1. The van der Waals surface area contributed by atoms with E-state index in [0.717, 1.165) is 30.5 Å². The van der Waals surface area contributed by atoms with Crippen molar-refractivity contribution in [3.05, 3.63) is 0 Å². The molecule has 0 fully saturated rings. The average Bonchev–Trinajstić information content (AvgIpc) is 1.98. The van der Waals surface area contributed by atoms with E-state index in [1.165, 1.54) is 6.92 Å². The molecule has 0 aliphatic carbocycles. The molecule has 4 nitrogen and oxygen atoms in total. The molecule has 0 atom stereocenters. The molecule has 0 aromatic carbocycles. The lowest BCUT2D eigenvalue weighted by molar-refractivity contribution is -0.890. The highest BCUT2D eigenvalue weighted by Gasteiger charge is 2.12. The summed E-state index contributed by atoms with van der Waals surface area (Å²) in [6, 6.07) is 0. The molecule has 0 saturated heterocycles. The number of quaternary nitrogens is 1. The lowest BCUT2D eigenvalue weighted by Crippen LogP contribution is -2.43. The Morgan fingerprint density at radius 2 is 2.00 bits per heavy atom. The molecule has 0 saturated carbocycles. The molecule has 0 unspecified atom stereocenters. The van der Waals surface area contributed by atoms with Gasteiger partial charge in [-0.1, -0.05) is 0 Å². The summed E-state index contributed by atoms with van der Waals surface area (Å²) in [7, 11) is 4.15. The minimum absolute atomic E-state index is 0.0208. The Labute approximate surface area is 80.1 Å². The quantitative estimate of drug-likeness (QED) is 0.440. The SMILES string of the molecule is CC(=O)NCCC[N+](C)(C)CCO. The van der Waals surface area contributed by atoms with Crippen LogP contribution in [0.15, 0.2) is 0 Å². The number of carbonyl (C=O) groups excluding carboxylic acids is 1. The first-order valence-electron chi connectivity index (χ1n) is 4.65. The fraction of sp³-hybridized carbons (Fsp3) is 0.889. The summed E-state index contributed by atoms with van der Waals surface area (Å²) in [5, 5.41) is 11.5.